The first-order valence-corrected chi connectivity index (χ1v) is 8.76. The number of pyridine rings is 1. The van der Waals surface area contributed by atoms with Gasteiger partial charge in [-0.2, -0.15) is 0 Å². The van der Waals surface area contributed by atoms with E-state index in [9.17, 15) is 10.2 Å². The molecule has 5 rings (SSSR count). The van der Waals surface area contributed by atoms with Crippen molar-refractivity contribution in [3.8, 4) is 5.75 Å². The van der Waals surface area contributed by atoms with Crippen molar-refractivity contribution < 1.29 is 14.9 Å². The van der Waals surface area contributed by atoms with Gasteiger partial charge in [0, 0.05) is 24.2 Å². The van der Waals surface area contributed by atoms with Crippen molar-refractivity contribution in [1.29, 1.82) is 0 Å². The number of nitrogens with zero attached hydrogens (tertiary/aromatic N) is 2. The molecule has 0 radical (unpaired) electrons. The predicted octanol–water partition coefficient (Wildman–Crippen LogP) is 2.29. The second kappa shape index (κ2) is 6.09. The van der Waals surface area contributed by atoms with Crippen LogP contribution in [0.25, 0.3) is 10.9 Å². The third kappa shape index (κ3) is 2.63. The zero-order valence-corrected chi connectivity index (χ0v) is 14.4. The number of aliphatic hydroxyl groups is 2. The van der Waals surface area contributed by atoms with Crippen LogP contribution in [0.3, 0.4) is 0 Å². The summed E-state index contributed by atoms with van der Waals surface area (Å²) >= 11 is 0. The van der Waals surface area contributed by atoms with Gasteiger partial charge in [0.1, 0.15) is 5.75 Å². The van der Waals surface area contributed by atoms with Crippen LogP contribution in [0.5, 0.6) is 5.75 Å². The highest BCUT2D eigenvalue weighted by Gasteiger charge is 2.49. The van der Waals surface area contributed by atoms with Crippen LogP contribution in [0.2, 0.25) is 0 Å². The third-order valence-corrected chi connectivity index (χ3v) is 5.94. The van der Waals surface area contributed by atoms with Crippen molar-refractivity contribution in [3.05, 3.63) is 48.7 Å². The third-order valence-electron chi connectivity index (χ3n) is 5.94. The Bertz CT molecular complexity index is 809. The van der Waals surface area contributed by atoms with E-state index in [1.54, 1.807) is 19.4 Å². The number of aliphatic hydroxyl groups excluding tert-OH is 1. The van der Waals surface area contributed by atoms with Crippen LogP contribution in [0.4, 0.5) is 0 Å². The number of hydrogen-bond acceptors (Lipinski definition) is 5. The molecule has 1 unspecified atom stereocenters. The molecule has 2 aromatic rings. The van der Waals surface area contributed by atoms with Gasteiger partial charge in [0.05, 0.1) is 24.3 Å². The number of rotatable bonds is 4. The highest BCUT2D eigenvalue weighted by atomic mass is 16.5. The number of hydrogen-bond donors (Lipinski definition) is 2. The first kappa shape index (κ1) is 16.5. The van der Waals surface area contributed by atoms with E-state index in [2.05, 4.69) is 16.5 Å². The molecule has 5 atom stereocenters. The first-order valence-electron chi connectivity index (χ1n) is 8.76. The van der Waals surface area contributed by atoms with Gasteiger partial charge in [0.15, 0.2) is 0 Å². The zero-order valence-electron chi connectivity index (χ0n) is 14.4. The Labute approximate surface area is 147 Å². The summed E-state index contributed by atoms with van der Waals surface area (Å²) in [5, 5.41) is 22.8. The lowest BCUT2D eigenvalue weighted by molar-refractivity contribution is -0.127. The molecule has 2 bridgehead atoms. The van der Waals surface area contributed by atoms with E-state index in [1.807, 2.05) is 24.3 Å². The number of fused-ring (bicyclic) bond motifs is 4. The molecule has 3 saturated heterocycles. The van der Waals surface area contributed by atoms with Crippen LogP contribution in [-0.2, 0) is 0 Å². The minimum absolute atomic E-state index is 0.00391. The maximum absolute atomic E-state index is 11.2. The van der Waals surface area contributed by atoms with Crippen molar-refractivity contribution >= 4 is 10.9 Å². The lowest BCUT2D eigenvalue weighted by Crippen LogP contribution is -2.63. The van der Waals surface area contributed by atoms with E-state index in [0.29, 0.717) is 6.54 Å². The summed E-state index contributed by atoms with van der Waals surface area (Å²) in [4.78, 5) is 6.59. The van der Waals surface area contributed by atoms with E-state index < -0.39 is 11.7 Å². The molecule has 5 nitrogen and oxygen atoms in total. The van der Waals surface area contributed by atoms with Crippen LogP contribution >= 0.6 is 0 Å². The maximum atomic E-state index is 11.2. The Morgan fingerprint density at radius 1 is 1.44 bits per heavy atom. The van der Waals surface area contributed by atoms with Crippen molar-refractivity contribution in [2.75, 3.05) is 20.2 Å². The normalized spacial score (nSPS) is 32.5. The first-order chi connectivity index (χ1) is 12.1. The van der Waals surface area contributed by atoms with Gasteiger partial charge in [0.2, 0.25) is 0 Å². The fourth-order valence-electron chi connectivity index (χ4n) is 4.45. The summed E-state index contributed by atoms with van der Waals surface area (Å²) in [7, 11) is 1.63. The molecule has 2 N–H and O–H groups in total. The highest BCUT2D eigenvalue weighted by molar-refractivity contribution is 5.83. The fraction of sp³-hybridized carbons (Fsp3) is 0.450. The zero-order chi connectivity index (χ0) is 17.6. The summed E-state index contributed by atoms with van der Waals surface area (Å²) in [6, 6.07) is 7.60. The predicted molar refractivity (Wildman–Crippen MR) is 96.5 cm³/mol. The number of ether oxygens (including phenoxy) is 1. The summed E-state index contributed by atoms with van der Waals surface area (Å²) in [5.41, 5.74) is 0.873. The van der Waals surface area contributed by atoms with E-state index >= 15 is 0 Å². The van der Waals surface area contributed by atoms with Gasteiger partial charge < -0.3 is 14.9 Å². The molecule has 3 aliphatic heterocycles. The van der Waals surface area contributed by atoms with Crippen molar-refractivity contribution in [3.63, 3.8) is 0 Å². The van der Waals surface area contributed by atoms with E-state index in [0.717, 1.165) is 41.6 Å². The monoisotopic (exact) mass is 340 g/mol. The minimum Gasteiger partial charge on any atom is -0.497 e. The second-order valence-electron chi connectivity index (χ2n) is 7.18. The molecule has 0 amide bonds. The number of benzene rings is 1. The summed E-state index contributed by atoms with van der Waals surface area (Å²) in [6.45, 7) is 5.24. The van der Waals surface area contributed by atoms with Gasteiger partial charge in [0.25, 0.3) is 0 Å². The lowest BCUT2D eigenvalue weighted by atomic mass is 9.71. The summed E-state index contributed by atoms with van der Waals surface area (Å²) in [5.74, 6) is 0.901. The summed E-state index contributed by atoms with van der Waals surface area (Å²) in [6.07, 6.45) is 4.48. The molecular weight excluding hydrogens is 316 g/mol. The van der Waals surface area contributed by atoms with E-state index in [4.69, 9.17) is 4.74 Å². The van der Waals surface area contributed by atoms with Crippen LogP contribution in [0.1, 0.15) is 24.5 Å². The molecule has 132 valence electrons. The van der Waals surface area contributed by atoms with Crippen LogP contribution in [0, 0.1) is 5.92 Å². The SMILES string of the molecule is C=C[C@@]1(O)CN2CC[C@@H]1C[C@@H]2[C@@H](O)c1ccnc2ccc(OC)cc12. The summed E-state index contributed by atoms with van der Waals surface area (Å²) < 4.78 is 5.33. The topological polar surface area (TPSA) is 65.8 Å². The lowest BCUT2D eigenvalue weighted by Gasteiger charge is -2.54. The molecule has 0 aliphatic carbocycles. The van der Waals surface area contributed by atoms with E-state index in [-0.39, 0.29) is 12.0 Å². The molecule has 0 spiro atoms. The minimum atomic E-state index is -0.835. The van der Waals surface area contributed by atoms with Crippen molar-refractivity contribution in [2.24, 2.45) is 5.92 Å². The molecule has 1 aromatic heterocycles. The molecule has 4 heterocycles. The Morgan fingerprint density at radius 2 is 2.28 bits per heavy atom. The molecule has 25 heavy (non-hydrogen) atoms. The molecular formula is C20H24N2O3. The Morgan fingerprint density at radius 3 is 2.96 bits per heavy atom. The standard InChI is InChI=1S/C20H24N2O3/c1-3-20(24)12-22-9-7-13(20)10-18(22)19(23)15-6-8-21-17-5-4-14(25-2)11-16(15)17/h3-6,8,11,13,18-19,23-24H,1,7,9-10,12H2,2H3/t13-,18-,19+,20-/m1/s1. The number of piperidine rings is 3. The average molecular weight is 340 g/mol. The molecule has 1 aromatic carbocycles. The maximum Gasteiger partial charge on any atom is 0.119 e. The molecule has 3 fully saturated rings. The van der Waals surface area contributed by atoms with Crippen LogP contribution in [-0.4, -0.2) is 51.9 Å². The number of methoxy groups -OCH3 is 1. The second-order valence-corrected chi connectivity index (χ2v) is 7.18. The smallest absolute Gasteiger partial charge is 0.119 e. The quantitative estimate of drug-likeness (QED) is 0.836. The molecule has 5 heteroatoms. The van der Waals surface area contributed by atoms with Gasteiger partial charge >= 0.3 is 0 Å². The van der Waals surface area contributed by atoms with Gasteiger partial charge in [-0.15, -0.1) is 6.58 Å². The Kier molecular flexibility index (Phi) is 4.02. The van der Waals surface area contributed by atoms with Gasteiger partial charge in [-0.05, 0) is 55.1 Å². The van der Waals surface area contributed by atoms with Crippen LogP contribution < -0.4 is 4.74 Å². The van der Waals surface area contributed by atoms with Crippen LogP contribution in [0.15, 0.2) is 43.1 Å². The Hall–Kier alpha value is -1.95. The highest BCUT2D eigenvalue weighted by Crippen LogP contribution is 2.44. The average Bonchev–Trinajstić information content (AvgIpc) is 2.66. The number of aromatic nitrogens is 1. The van der Waals surface area contributed by atoms with Gasteiger partial charge in [-0.25, -0.2) is 0 Å². The Balaban J connectivity index is 1.69. The van der Waals surface area contributed by atoms with Crippen molar-refractivity contribution in [2.45, 2.75) is 30.6 Å². The molecule has 0 saturated carbocycles. The van der Waals surface area contributed by atoms with Crippen molar-refractivity contribution in [1.82, 2.24) is 9.88 Å². The molecule has 3 aliphatic rings. The van der Waals surface area contributed by atoms with Gasteiger partial charge in [-0.3, -0.25) is 9.88 Å². The van der Waals surface area contributed by atoms with Gasteiger partial charge in [-0.1, -0.05) is 6.08 Å². The largest absolute Gasteiger partial charge is 0.497 e. The fourth-order valence-corrected chi connectivity index (χ4v) is 4.45. The van der Waals surface area contributed by atoms with E-state index in [1.165, 1.54) is 0 Å².